The molecule has 2 N–H and O–H groups in total. The minimum Gasteiger partial charge on any atom is -0.313 e. The van der Waals surface area contributed by atoms with Crippen molar-refractivity contribution in [2.45, 2.75) is 43.8 Å². The molecule has 5 nitrogen and oxygen atoms in total. The van der Waals surface area contributed by atoms with Gasteiger partial charge in [0.2, 0.25) is 11.8 Å². The lowest BCUT2D eigenvalue weighted by Crippen LogP contribution is -2.74. The Morgan fingerprint density at radius 3 is 2.90 bits per heavy atom. The number of hydrogen-bond donors (Lipinski definition) is 1. The number of hydrogen-bond acceptors (Lipinski definition) is 3. The van der Waals surface area contributed by atoms with E-state index in [0.29, 0.717) is 12.3 Å². The van der Waals surface area contributed by atoms with E-state index in [1.54, 1.807) is 0 Å². The van der Waals surface area contributed by atoms with E-state index in [0.717, 1.165) is 25.7 Å². The van der Waals surface area contributed by atoms with Crippen molar-refractivity contribution in [3.8, 4) is 0 Å². The van der Waals surface area contributed by atoms with E-state index in [4.69, 9.17) is 5.84 Å². The van der Waals surface area contributed by atoms with Gasteiger partial charge in [0.1, 0.15) is 5.66 Å². The number of hydrazine groups is 1. The monoisotopic (exact) mass is 273 g/mol. The van der Waals surface area contributed by atoms with Gasteiger partial charge in [0.25, 0.3) is 0 Å². The molecule has 2 saturated heterocycles. The quantitative estimate of drug-likeness (QED) is 0.400. The number of fused-ring (bicyclic) bond motifs is 6. The topological polar surface area (TPSA) is 66.6 Å². The molecule has 0 unspecified atom stereocenters. The molecule has 2 heterocycles. The summed E-state index contributed by atoms with van der Waals surface area (Å²) in [5, 5.41) is 1.46. The van der Waals surface area contributed by atoms with E-state index in [9.17, 15) is 9.59 Å². The number of nitrogens with zero attached hydrogens (tertiary/aromatic N) is 2. The van der Waals surface area contributed by atoms with Crippen LogP contribution in [0.2, 0.25) is 0 Å². The molecule has 2 aliphatic heterocycles. The van der Waals surface area contributed by atoms with Gasteiger partial charge in [0.15, 0.2) is 0 Å². The van der Waals surface area contributed by atoms with Gasteiger partial charge in [0.05, 0.1) is 12.0 Å². The highest BCUT2D eigenvalue weighted by atomic mass is 16.2. The predicted octanol–water partition coefficient (Wildman–Crippen LogP) is 0.622. The SMILES string of the molecule is NN1C(=O)[C@@H]2[C@@H]([C@@H]3C=C[C@H]2C3)N2C(=O)C[C@@H]3CCC[C@]312. The van der Waals surface area contributed by atoms with Gasteiger partial charge >= 0.3 is 0 Å². The van der Waals surface area contributed by atoms with Crippen LogP contribution in [0, 0.1) is 23.7 Å². The second kappa shape index (κ2) is 3.27. The third kappa shape index (κ3) is 0.974. The average molecular weight is 273 g/mol. The highest BCUT2D eigenvalue weighted by Crippen LogP contribution is 2.59. The van der Waals surface area contributed by atoms with E-state index in [-0.39, 0.29) is 35.6 Å². The molecule has 2 bridgehead atoms. The fraction of sp³-hybridized carbons (Fsp3) is 0.733. The smallest absolute Gasteiger partial charge is 0.244 e. The number of amides is 2. The molecular weight excluding hydrogens is 254 g/mol. The lowest BCUT2D eigenvalue weighted by atomic mass is 9.81. The minimum absolute atomic E-state index is 0.0738. The predicted molar refractivity (Wildman–Crippen MR) is 70.6 cm³/mol. The van der Waals surface area contributed by atoms with Gasteiger partial charge in [0, 0.05) is 12.3 Å². The molecule has 0 aromatic carbocycles. The van der Waals surface area contributed by atoms with Gasteiger partial charge in [-0.3, -0.25) is 14.6 Å². The Morgan fingerprint density at radius 2 is 2.05 bits per heavy atom. The maximum absolute atomic E-state index is 12.8. The van der Waals surface area contributed by atoms with Crippen LogP contribution >= 0.6 is 0 Å². The molecule has 1 spiro atoms. The summed E-state index contributed by atoms with van der Waals surface area (Å²) in [5.74, 6) is 7.35. The summed E-state index contributed by atoms with van der Waals surface area (Å²) in [6.07, 6.45) is 8.90. The number of allylic oxidation sites excluding steroid dienone is 1. The molecule has 5 rings (SSSR count). The van der Waals surface area contributed by atoms with Crippen LogP contribution in [0.3, 0.4) is 0 Å². The zero-order chi connectivity index (χ0) is 13.6. The molecule has 3 aliphatic carbocycles. The first-order valence-corrected chi connectivity index (χ1v) is 7.74. The molecule has 5 heteroatoms. The number of nitrogens with two attached hydrogens (primary N) is 1. The second-order valence-electron chi connectivity index (χ2n) is 7.11. The maximum atomic E-state index is 12.8. The van der Waals surface area contributed by atoms with Crippen molar-refractivity contribution in [2.75, 3.05) is 0 Å². The fourth-order valence-corrected chi connectivity index (χ4v) is 5.84. The van der Waals surface area contributed by atoms with Crippen LogP contribution in [0.25, 0.3) is 0 Å². The van der Waals surface area contributed by atoms with Crippen molar-refractivity contribution in [3.63, 3.8) is 0 Å². The zero-order valence-corrected chi connectivity index (χ0v) is 11.4. The normalized spacial score (nSPS) is 51.8. The summed E-state index contributed by atoms with van der Waals surface area (Å²) >= 11 is 0. The van der Waals surface area contributed by atoms with Crippen LogP contribution in [0.5, 0.6) is 0 Å². The van der Waals surface area contributed by atoms with Crippen molar-refractivity contribution < 1.29 is 9.59 Å². The molecule has 0 radical (unpaired) electrons. The molecule has 4 fully saturated rings. The van der Waals surface area contributed by atoms with E-state index < -0.39 is 5.66 Å². The summed E-state index contributed by atoms with van der Waals surface area (Å²) in [4.78, 5) is 27.5. The Bertz CT molecular complexity index is 559. The highest BCUT2D eigenvalue weighted by Gasteiger charge is 2.69. The molecular formula is C15H19N3O2. The van der Waals surface area contributed by atoms with Gasteiger partial charge in [-0.1, -0.05) is 12.2 Å². The van der Waals surface area contributed by atoms with Crippen LogP contribution < -0.4 is 5.84 Å². The van der Waals surface area contributed by atoms with Gasteiger partial charge in [-0.2, -0.15) is 0 Å². The summed E-state index contributed by atoms with van der Waals surface area (Å²) in [6, 6.07) is 0.0768. The summed E-state index contributed by atoms with van der Waals surface area (Å²) < 4.78 is 0. The van der Waals surface area contributed by atoms with Crippen LogP contribution in [0.1, 0.15) is 32.1 Å². The summed E-state index contributed by atoms with van der Waals surface area (Å²) in [5.41, 5.74) is -0.492. The van der Waals surface area contributed by atoms with Crippen molar-refractivity contribution in [3.05, 3.63) is 12.2 Å². The Morgan fingerprint density at radius 1 is 1.25 bits per heavy atom. The highest BCUT2D eigenvalue weighted by molar-refractivity contribution is 5.89. The van der Waals surface area contributed by atoms with Crippen LogP contribution in [-0.2, 0) is 9.59 Å². The minimum atomic E-state index is -0.492. The molecule has 106 valence electrons. The van der Waals surface area contributed by atoms with Gasteiger partial charge in [-0.15, -0.1) is 0 Å². The van der Waals surface area contributed by atoms with E-state index in [1.165, 1.54) is 5.01 Å². The van der Waals surface area contributed by atoms with Crippen molar-refractivity contribution >= 4 is 11.8 Å². The molecule has 2 amide bonds. The largest absolute Gasteiger partial charge is 0.313 e. The standard InChI is InChI=1S/C15H19N3O2/c16-18-14(20)12-8-3-4-9(6-8)13(12)17-11(19)7-10-2-1-5-15(10,17)18/h3-4,8-10,12-13H,1-2,5-7,16H2/t8-,9+,10-,12-,13+,15+/m0/s1. The number of rotatable bonds is 0. The van der Waals surface area contributed by atoms with E-state index in [1.807, 2.05) is 4.90 Å². The molecule has 6 atom stereocenters. The zero-order valence-electron chi connectivity index (χ0n) is 11.4. The fourth-order valence-electron chi connectivity index (χ4n) is 5.84. The Kier molecular flexibility index (Phi) is 1.85. The van der Waals surface area contributed by atoms with Gasteiger partial charge in [-0.25, -0.2) is 5.84 Å². The first kappa shape index (κ1) is 11.3. The molecule has 20 heavy (non-hydrogen) atoms. The summed E-state index contributed by atoms with van der Waals surface area (Å²) in [6.45, 7) is 0. The molecule has 0 aromatic heterocycles. The maximum Gasteiger partial charge on any atom is 0.244 e. The van der Waals surface area contributed by atoms with Crippen molar-refractivity contribution in [1.82, 2.24) is 9.91 Å². The van der Waals surface area contributed by atoms with Gasteiger partial charge in [-0.05, 0) is 37.5 Å². The Hall–Kier alpha value is -1.36. The van der Waals surface area contributed by atoms with Crippen LogP contribution in [0.15, 0.2) is 12.2 Å². The molecule has 2 saturated carbocycles. The third-order valence-corrected chi connectivity index (χ3v) is 6.51. The van der Waals surface area contributed by atoms with Crippen molar-refractivity contribution in [1.29, 1.82) is 0 Å². The molecule has 0 aromatic rings. The second-order valence-corrected chi connectivity index (χ2v) is 7.11. The third-order valence-electron chi connectivity index (χ3n) is 6.51. The number of carbonyl (C=O) groups is 2. The van der Waals surface area contributed by atoms with Crippen molar-refractivity contribution in [2.24, 2.45) is 29.5 Å². The van der Waals surface area contributed by atoms with E-state index in [2.05, 4.69) is 12.2 Å². The van der Waals surface area contributed by atoms with Crippen LogP contribution in [-0.4, -0.2) is 33.4 Å². The Labute approximate surface area is 117 Å². The molecule has 5 aliphatic rings. The average Bonchev–Trinajstić information content (AvgIpc) is 3.13. The van der Waals surface area contributed by atoms with Gasteiger partial charge < -0.3 is 4.90 Å². The summed E-state index contributed by atoms with van der Waals surface area (Å²) in [7, 11) is 0. The van der Waals surface area contributed by atoms with E-state index >= 15 is 0 Å². The lowest BCUT2D eigenvalue weighted by Gasteiger charge is -2.55. The number of carbonyl (C=O) groups excluding carboxylic acids is 2. The first-order chi connectivity index (χ1) is 9.64. The Balaban J connectivity index is 1.70. The lowest BCUT2D eigenvalue weighted by molar-refractivity contribution is -0.181. The van der Waals surface area contributed by atoms with Crippen LogP contribution in [0.4, 0.5) is 0 Å². The first-order valence-electron chi connectivity index (χ1n) is 7.74.